The molecule has 5 nitrogen and oxygen atoms in total. The lowest BCUT2D eigenvalue weighted by atomic mass is 10.2. The first-order valence-electron chi connectivity index (χ1n) is 7.40. The number of methoxy groups -OCH3 is 1. The van der Waals surface area contributed by atoms with E-state index in [0.29, 0.717) is 13.0 Å². The molecular weight excluding hydrogens is 268 g/mol. The molecule has 2 heterocycles. The molecule has 2 aliphatic heterocycles. The highest BCUT2D eigenvalue weighted by Crippen LogP contribution is 2.24. The standard InChI is InChI=1S/C16H20N2O3/c1-21-13-6-4-12(5-7-13)11-18-15(19)10-14(16(18)20)17-8-2-3-9-17/h4-7,14H,2-3,8-11H2,1H3. The van der Waals surface area contributed by atoms with Crippen LogP contribution in [-0.4, -0.2) is 47.9 Å². The quantitative estimate of drug-likeness (QED) is 0.786. The fourth-order valence-corrected chi connectivity index (χ4v) is 3.08. The SMILES string of the molecule is COc1ccc(CN2C(=O)CC(N3CCCC3)C2=O)cc1. The predicted molar refractivity (Wildman–Crippen MR) is 77.8 cm³/mol. The first-order chi connectivity index (χ1) is 10.2. The van der Waals surface area contributed by atoms with Gasteiger partial charge in [0, 0.05) is 0 Å². The van der Waals surface area contributed by atoms with Crippen LogP contribution in [-0.2, 0) is 16.1 Å². The third-order valence-electron chi connectivity index (χ3n) is 4.30. The van der Waals surface area contributed by atoms with Crippen LogP contribution in [0.3, 0.4) is 0 Å². The van der Waals surface area contributed by atoms with Crippen molar-refractivity contribution in [2.24, 2.45) is 0 Å². The molecule has 0 N–H and O–H groups in total. The third kappa shape index (κ3) is 2.78. The number of carbonyl (C=O) groups is 2. The molecule has 1 aromatic rings. The minimum Gasteiger partial charge on any atom is -0.497 e. The molecule has 0 spiro atoms. The van der Waals surface area contributed by atoms with Crippen LogP contribution < -0.4 is 4.74 Å². The molecule has 0 saturated carbocycles. The van der Waals surface area contributed by atoms with E-state index in [1.807, 2.05) is 24.3 Å². The van der Waals surface area contributed by atoms with Gasteiger partial charge in [-0.15, -0.1) is 0 Å². The van der Waals surface area contributed by atoms with Crippen LogP contribution in [0.15, 0.2) is 24.3 Å². The third-order valence-corrected chi connectivity index (χ3v) is 4.30. The number of hydrogen-bond donors (Lipinski definition) is 0. The minimum absolute atomic E-state index is 0.0438. The van der Waals surface area contributed by atoms with Gasteiger partial charge in [0.25, 0.3) is 0 Å². The van der Waals surface area contributed by atoms with E-state index < -0.39 is 0 Å². The first kappa shape index (κ1) is 14.1. The highest BCUT2D eigenvalue weighted by Gasteiger charge is 2.42. The number of nitrogens with zero attached hydrogens (tertiary/aromatic N) is 2. The van der Waals surface area contributed by atoms with Crippen molar-refractivity contribution in [2.45, 2.75) is 31.8 Å². The minimum atomic E-state index is -0.238. The van der Waals surface area contributed by atoms with E-state index in [4.69, 9.17) is 4.74 Å². The van der Waals surface area contributed by atoms with Gasteiger partial charge in [-0.3, -0.25) is 19.4 Å². The van der Waals surface area contributed by atoms with Gasteiger partial charge < -0.3 is 4.74 Å². The smallest absolute Gasteiger partial charge is 0.247 e. The summed E-state index contributed by atoms with van der Waals surface area (Å²) in [6.45, 7) is 2.21. The molecule has 2 aliphatic rings. The average Bonchev–Trinajstić information content (AvgIpc) is 3.11. The van der Waals surface area contributed by atoms with Gasteiger partial charge in [0.1, 0.15) is 5.75 Å². The number of hydrogen-bond acceptors (Lipinski definition) is 4. The lowest BCUT2D eigenvalue weighted by Gasteiger charge is -2.21. The van der Waals surface area contributed by atoms with Crippen molar-refractivity contribution < 1.29 is 14.3 Å². The lowest BCUT2D eigenvalue weighted by molar-refractivity contribution is -0.140. The van der Waals surface area contributed by atoms with Gasteiger partial charge in [-0.2, -0.15) is 0 Å². The Kier molecular flexibility index (Phi) is 3.92. The van der Waals surface area contributed by atoms with Crippen LogP contribution in [0.4, 0.5) is 0 Å². The Morgan fingerprint density at radius 1 is 1.14 bits per heavy atom. The highest BCUT2D eigenvalue weighted by molar-refractivity contribution is 6.05. The van der Waals surface area contributed by atoms with Gasteiger partial charge in [0.2, 0.25) is 11.8 Å². The Hall–Kier alpha value is -1.88. The molecule has 2 fully saturated rings. The molecular formula is C16H20N2O3. The monoisotopic (exact) mass is 288 g/mol. The molecule has 0 aromatic heterocycles. The van der Waals surface area contributed by atoms with Crippen molar-refractivity contribution >= 4 is 11.8 Å². The largest absolute Gasteiger partial charge is 0.497 e. The number of ether oxygens (including phenoxy) is 1. The summed E-state index contributed by atoms with van der Waals surface area (Å²) >= 11 is 0. The normalized spacial score (nSPS) is 23.1. The number of likely N-dealkylation sites (tertiary alicyclic amines) is 2. The Labute approximate surface area is 124 Å². The zero-order valence-electron chi connectivity index (χ0n) is 12.2. The van der Waals surface area contributed by atoms with Crippen molar-refractivity contribution in [3.8, 4) is 5.75 Å². The van der Waals surface area contributed by atoms with Crippen LogP contribution >= 0.6 is 0 Å². The summed E-state index contributed by atoms with van der Waals surface area (Å²) < 4.78 is 5.11. The van der Waals surface area contributed by atoms with Crippen LogP contribution in [0, 0.1) is 0 Å². The van der Waals surface area contributed by atoms with E-state index in [0.717, 1.165) is 37.2 Å². The maximum Gasteiger partial charge on any atom is 0.247 e. The van der Waals surface area contributed by atoms with Gasteiger partial charge in [-0.05, 0) is 43.6 Å². The van der Waals surface area contributed by atoms with Crippen LogP contribution in [0.2, 0.25) is 0 Å². The van der Waals surface area contributed by atoms with Crippen LogP contribution in [0.25, 0.3) is 0 Å². The molecule has 2 saturated heterocycles. The summed E-state index contributed by atoms with van der Waals surface area (Å²) in [4.78, 5) is 28.1. The fraction of sp³-hybridized carbons (Fsp3) is 0.500. The summed E-state index contributed by atoms with van der Waals surface area (Å²) in [6, 6.07) is 7.24. The Morgan fingerprint density at radius 3 is 2.43 bits per heavy atom. The molecule has 1 unspecified atom stereocenters. The molecule has 1 aromatic carbocycles. The van der Waals surface area contributed by atoms with Crippen molar-refractivity contribution in [3.05, 3.63) is 29.8 Å². The van der Waals surface area contributed by atoms with E-state index in [9.17, 15) is 9.59 Å². The molecule has 2 amide bonds. The molecule has 0 aliphatic carbocycles. The Balaban J connectivity index is 1.69. The molecule has 21 heavy (non-hydrogen) atoms. The van der Waals surface area contributed by atoms with E-state index in [1.54, 1.807) is 7.11 Å². The molecule has 3 rings (SSSR count). The maximum atomic E-state index is 12.5. The van der Waals surface area contributed by atoms with Crippen molar-refractivity contribution in [1.82, 2.24) is 9.80 Å². The first-order valence-corrected chi connectivity index (χ1v) is 7.40. The average molecular weight is 288 g/mol. The number of benzene rings is 1. The van der Waals surface area contributed by atoms with Gasteiger partial charge in [0.15, 0.2) is 0 Å². The van der Waals surface area contributed by atoms with Gasteiger partial charge in [-0.25, -0.2) is 0 Å². The van der Waals surface area contributed by atoms with Crippen LogP contribution in [0.5, 0.6) is 5.75 Å². The topological polar surface area (TPSA) is 49.9 Å². The summed E-state index contributed by atoms with van der Waals surface area (Å²) in [7, 11) is 1.61. The summed E-state index contributed by atoms with van der Waals surface area (Å²) in [6.07, 6.45) is 2.57. The van der Waals surface area contributed by atoms with E-state index in [-0.39, 0.29) is 17.9 Å². The zero-order chi connectivity index (χ0) is 14.8. The van der Waals surface area contributed by atoms with Crippen LogP contribution in [0.1, 0.15) is 24.8 Å². The Bertz CT molecular complexity index is 535. The second-order valence-corrected chi connectivity index (χ2v) is 5.63. The molecule has 1 atom stereocenters. The fourth-order valence-electron chi connectivity index (χ4n) is 3.08. The van der Waals surface area contributed by atoms with E-state index >= 15 is 0 Å². The highest BCUT2D eigenvalue weighted by atomic mass is 16.5. The second kappa shape index (κ2) is 5.85. The second-order valence-electron chi connectivity index (χ2n) is 5.63. The van der Waals surface area contributed by atoms with Crippen molar-refractivity contribution in [1.29, 1.82) is 0 Å². The van der Waals surface area contributed by atoms with Gasteiger partial charge >= 0.3 is 0 Å². The lowest BCUT2D eigenvalue weighted by Crippen LogP contribution is -2.40. The van der Waals surface area contributed by atoms with Crippen molar-refractivity contribution in [2.75, 3.05) is 20.2 Å². The number of imide groups is 1. The Morgan fingerprint density at radius 2 is 1.81 bits per heavy atom. The molecule has 112 valence electrons. The summed E-state index contributed by atoms with van der Waals surface area (Å²) in [5.74, 6) is 0.665. The number of amides is 2. The molecule has 5 heteroatoms. The zero-order valence-corrected chi connectivity index (χ0v) is 12.2. The van der Waals surface area contributed by atoms with Gasteiger partial charge in [0.05, 0.1) is 26.1 Å². The molecule has 0 radical (unpaired) electrons. The van der Waals surface area contributed by atoms with E-state index in [1.165, 1.54) is 4.90 Å². The number of carbonyl (C=O) groups excluding carboxylic acids is 2. The van der Waals surface area contributed by atoms with Gasteiger partial charge in [-0.1, -0.05) is 12.1 Å². The summed E-state index contributed by atoms with van der Waals surface area (Å²) in [5.41, 5.74) is 0.944. The molecule has 0 bridgehead atoms. The predicted octanol–water partition coefficient (Wildman–Crippen LogP) is 1.42. The van der Waals surface area contributed by atoms with Crippen molar-refractivity contribution in [3.63, 3.8) is 0 Å². The maximum absolute atomic E-state index is 12.5. The number of rotatable bonds is 4. The van der Waals surface area contributed by atoms with E-state index in [2.05, 4.69) is 4.90 Å². The summed E-state index contributed by atoms with van der Waals surface area (Å²) in [5, 5.41) is 0.